The van der Waals surface area contributed by atoms with Gasteiger partial charge in [-0.25, -0.2) is 0 Å². The fourth-order valence-electron chi connectivity index (χ4n) is 3.95. The number of ether oxygens (including phenoxy) is 1. The minimum atomic E-state index is -0.210. The van der Waals surface area contributed by atoms with Crippen LogP contribution in [0.2, 0.25) is 0 Å². The van der Waals surface area contributed by atoms with Gasteiger partial charge in [-0.05, 0) is 53.9 Å². The van der Waals surface area contributed by atoms with E-state index < -0.39 is 0 Å². The highest BCUT2D eigenvalue weighted by Crippen LogP contribution is 2.42. The van der Waals surface area contributed by atoms with E-state index in [1.54, 1.807) is 18.9 Å². The Labute approximate surface area is 192 Å². The highest BCUT2D eigenvalue weighted by Gasteiger charge is 2.34. The second-order valence-electron chi connectivity index (χ2n) is 7.61. The Kier molecular flexibility index (Phi) is 6.81. The molecular weight excluding hydrogens is 420 g/mol. The Morgan fingerprint density at radius 2 is 1.84 bits per heavy atom. The number of carbonyl (C=O) groups is 2. The molecule has 0 saturated carbocycles. The number of nitrogens with one attached hydrogen (secondary N) is 1. The normalized spacial score (nSPS) is 16.6. The summed E-state index contributed by atoms with van der Waals surface area (Å²) >= 11 is 1.58. The molecule has 0 radical (unpaired) electrons. The minimum Gasteiger partial charge on any atom is -0.497 e. The summed E-state index contributed by atoms with van der Waals surface area (Å²) in [5.74, 6) is 0.989. The summed E-state index contributed by atoms with van der Waals surface area (Å²) in [4.78, 5) is 27.5. The van der Waals surface area contributed by atoms with E-state index in [4.69, 9.17) is 4.74 Å². The number of benzene rings is 3. The van der Waals surface area contributed by atoms with Crippen molar-refractivity contribution in [3.8, 4) is 5.75 Å². The average molecular weight is 447 g/mol. The fourth-order valence-corrected chi connectivity index (χ4v) is 5.12. The van der Waals surface area contributed by atoms with Gasteiger partial charge >= 0.3 is 0 Å². The van der Waals surface area contributed by atoms with Gasteiger partial charge in [-0.3, -0.25) is 14.5 Å². The smallest absolute Gasteiger partial charge is 0.238 e. The lowest BCUT2D eigenvalue weighted by molar-refractivity contribution is -0.118. The fraction of sp³-hybridized carbons (Fsp3) is 0.231. The van der Waals surface area contributed by atoms with Crippen LogP contribution in [0.4, 0.5) is 11.4 Å². The first-order valence-corrected chi connectivity index (χ1v) is 11.7. The van der Waals surface area contributed by atoms with Crippen molar-refractivity contribution in [2.45, 2.75) is 24.6 Å². The molecule has 1 heterocycles. The molecule has 3 aromatic carbocycles. The molecule has 0 spiro atoms. The SMILES string of the molecule is CCC(C(=O)Nc1cccc(C2SCC(=O)N2c2ccc(OC)cc2)c1)c1ccccc1. The predicted molar refractivity (Wildman–Crippen MR) is 130 cm³/mol. The highest BCUT2D eigenvalue weighted by molar-refractivity contribution is 8.00. The lowest BCUT2D eigenvalue weighted by Crippen LogP contribution is -2.27. The van der Waals surface area contributed by atoms with Gasteiger partial charge in [0.15, 0.2) is 0 Å². The minimum absolute atomic E-state index is 0.0296. The van der Waals surface area contributed by atoms with Crippen LogP contribution in [-0.2, 0) is 9.59 Å². The van der Waals surface area contributed by atoms with Gasteiger partial charge in [0, 0.05) is 11.4 Å². The Balaban J connectivity index is 1.55. The zero-order valence-corrected chi connectivity index (χ0v) is 19.0. The number of nitrogens with zero attached hydrogens (tertiary/aromatic N) is 1. The van der Waals surface area contributed by atoms with Crippen LogP contribution in [0, 0.1) is 0 Å². The van der Waals surface area contributed by atoms with Gasteiger partial charge in [0.2, 0.25) is 11.8 Å². The molecule has 6 heteroatoms. The monoisotopic (exact) mass is 446 g/mol. The van der Waals surface area contributed by atoms with Crippen LogP contribution in [-0.4, -0.2) is 24.7 Å². The number of anilines is 2. The van der Waals surface area contributed by atoms with Crippen LogP contribution in [0.25, 0.3) is 0 Å². The molecule has 2 atom stereocenters. The van der Waals surface area contributed by atoms with Crippen LogP contribution in [0.3, 0.4) is 0 Å². The molecule has 3 aromatic rings. The molecule has 1 aliphatic heterocycles. The third-order valence-corrected chi connectivity index (χ3v) is 6.80. The van der Waals surface area contributed by atoms with Crippen molar-refractivity contribution in [1.82, 2.24) is 0 Å². The Bertz CT molecular complexity index is 1090. The molecule has 2 unspecified atom stereocenters. The van der Waals surface area contributed by atoms with E-state index in [-0.39, 0.29) is 23.1 Å². The molecule has 5 nitrogen and oxygen atoms in total. The number of hydrogen-bond acceptors (Lipinski definition) is 4. The summed E-state index contributed by atoms with van der Waals surface area (Å²) in [7, 11) is 1.62. The predicted octanol–water partition coefficient (Wildman–Crippen LogP) is 5.61. The highest BCUT2D eigenvalue weighted by atomic mass is 32.2. The first-order chi connectivity index (χ1) is 15.6. The summed E-state index contributed by atoms with van der Waals surface area (Å²) in [6.45, 7) is 2.02. The molecular formula is C26H26N2O3S. The van der Waals surface area contributed by atoms with Gasteiger partial charge in [-0.1, -0.05) is 49.4 Å². The van der Waals surface area contributed by atoms with E-state index in [0.717, 1.165) is 28.3 Å². The number of amides is 2. The first-order valence-electron chi connectivity index (χ1n) is 10.6. The molecule has 1 aliphatic rings. The van der Waals surface area contributed by atoms with Gasteiger partial charge in [-0.2, -0.15) is 0 Å². The third kappa shape index (κ3) is 4.65. The molecule has 1 N–H and O–H groups in total. The van der Waals surface area contributed by atoms with Crippen molar-refractivity contribution in [1.29, 1.82) is 0 Å². The maximum atomic E-state index is 13.0. The van der Waals surface area contributed by atoms with Crippen LogP contribution < -0.4 is 15.0 Å². The van der Waals surface area contributed by atoms with Gasteiger partial charge in [0.05, 0.1) is 18.8 Å². The standard InChI is InChI=1S/C26H26N2O3S/c1-3-23(18-8-5-4-6-9-18)25(30)27-20-11-7-10-19(16-20)26-28(24(29)17-32-26)21-12-14-22(31-2)15-13-21/h4-16,23,26H,3,17H2,1-2H3,(H,27,30). The molecule has 1 saturated heterocycles. The third-order valence-electron chi connectivity index (χ3n) is 5.58. The average Bonchev–Trinajstić information content (AvgIpc) is 3.22. The van der Waals surface area contributed by atoms with E-state index in [1.807, 2.05) is 90.7 Å². The van der Waals surface area contributed by atoms with Gasteiger partial charge in [0.25, 0.3) is 0 Å². The summed E-state index contributed by atoms with van der Waals surface area (Å²) in [6.07, 6.45) is 0.716. The van der Waals surface area contributed by atoms with Crippen molar-refractivity contribution in [2.75, 3.05) is 23.1 Å². The largest absolute Gasteiger partial charge is 0.497 e. The molecule has 0 aliphatic carbocycles. The van der Waals surface area contributed by atoms with Crippen molar-refractivity contribution >= 4 is 35.0 Å². The van der Waals surface area contributed by atoms with Crippen LogP contribution in [0.15, 0.2) is 78.9 Å². The Hall–Kier alpha value is -3.25. The topological polar surface area (TPSA) is 58.6 Å². The second kappa shape index (κ2) is 9.92. The maximum absolute atomic E-state index is 13.0. The maximum Gasteiger partial charge on any atom is 0.238 e. The summed E-state index contributed by atoms with van der Waals surface area (Å²) < 4.78 is 5.23. The Morgan fingerprint density at radius 1 is 1.09 bits per heavy atom. The molecule has 0 aromatic heterocycles. The molecule has 0 bridgehead atoms. The van der Waals surface area contributed by atoms with E-state index in [2.05, 4.69) is 5.32 Å². The zero-order valence-electron chi connectivity index (χ0n) is 18.2. The number of rotatable bonds is 7. The van der Waals surface area contributed by atoms with E-state index in [1.165, 1.54) is 0 Å². The summed E-state index contributed by atoms with van der Waals surface area (Å²) in [5.41, 5.74) is 3.54. The van der Waals surface area contributed by atoms with Gasteiger partial charge in [0.1, 0.15) is 11.1 Å². The zero-order chi connectivity index (χ0) is 22.5. The van der Waals surface area contributed by atoms with Gasteiger partial charge < -0.3 is 10.1 Å². The van der Waals surface area contributed by atoms with Crippen molar-refractivity contribution in [2.24, 2.45) is 0 Å². The Morgan fingerprint density at radius 3 is 2.53 bits per heavy atom. The number of methoxy groups -OCH3 is 1. The van der Waals surface area contributed by atoms with Crippen molar-refractivity contribution in [3.05, 3.63) is 90.0 Å². The van der Waals surface area contributed by atoms with E-state index in [9.17, 15) is 9.59 Å². The summed E-state index contributed by atoms with van der Waals surface area (Å²) in [6, 6.07) is 25.1. The quantitative estimate of drug-likeness (QED) is 0.513. The number of hydrogen-bond donors (Lipinski definition) is 1. The second-order valence-corrected chi connectivity index (χ2v) is 8.68. The van der Waals surface area contributed by atoms with Crippen LogP contribution >= 0.6 is 11.8 Å². The van der Waals surface area contributed by atoms with Gasteiger partial charge in [-0.15, -0.1) is 11.8 Å². The number of carbonyl (C=O) groups excluding carboxylic acids is 2. The van der Waals surface area contributed by atoms with E-state index in [0.29, 0.717) is 12.2 Å². The molecule has 164 valence electrons. The van der Waals surface area contributed by atoms with Crippen LogP contribution in [0.1, 0.15) is 35.8 Å². The number of thioether (sulfide) groups is 1. The lowest BCUT2D eigenvalue weighted by Gasteiger charge is -2.25. The van der Waals surface area contributed by atoms with Crippen LogP contribution in [0.5, 0.6) is 5.75 Å². The molecule has 1 fully saturated rings. The molecule has 32 heavy (non-hydrogen) atoms. The van der Waals surface area contributed by atoms with Crippen molar-refractivity contribution < 1.29 is 14.3 Å². The molecule has 2 amide bonds. The van der Waals surface area contributed by atoms with Crippen molar-refractivity contribution in [3.63, 3.8) is 0 Å². The first kappa shape index (κ1) is 22.0. The lowest BCUT2D eigenvalue weighted by atomic mass is 9.95. The van der Waals surface area contributed by atoms with E-state index >= 15 is 0 Å². The summed E-state index contributed by atoms with van der Waals surface area (Å²) in [5, 5.41) is 2.92. The molecule has 4 rings (SSSR count).